The Morgan fingerprint density at radius 2 is 1.64 bits per heavy atom. The summed E-state index contributed by atoms with van der Waals surface area (Å²) in [5, 5.41) is 8.54. The zero-order valence-corrected chi connectivity index (χ0v) is 23.3. The predicted octanol–water partition coefficient (Wildman–Crippen LogP) is 4.51. The van der Waals surface area contributed by atoms with Gasteiger partial charge < -0.3 is 25.6 Å². The lowest BCUT2D eigenvalue weighted by atomic mass is 9.95. The number of hydrogen-bond donors (Lipinski definition) is 3. The molecular weight excluding hydrogens is 496 g/mol. The molecular formula is C30H40N4O5. The molecule has 9 heteroatoms. The van der Waals surface area contributed by atoms with E-state index in [4.69, 9.17) is 4.74 Å². The molecule has 0 radical (unpaired) electrons. The molecule has 2 aromatic rings. The van der Waals surface area contributed by atoms with Crippen molar-refractivity contribution in [2.45, 2.75) is 59.4 Å². The third-order valence-corrected chi connectivity index (χ3v) is 6.74. The third-order valence-electron chi connectivity index (χ3n) is 6.74. The molecule has 2 aromatic carbocycles. The van der Waals surface area contributed by atoms with Crippen molar-refractivity contribution in [1.29, 1.82) is 0 Å². The van der Waals surface area contributed by atoms with Gasteiger partial charge in [0.05, 0.1) is 18.9 Å². The summed E-state index contributed by atoms with van der Waals surface area (Å²) in [6, 6.07) is 13.6. The fourth-order valence-corrected chi connectivity index (χ4v) is 4.64. The van der Waals surface area contributed by atoms with Crippen molar-refractivity contribution >= 4 is 35.2 Å². The molecule has 9 nitrogen and oxygen atoms in total. The normalized spacial score (nSPS) is 14.4. The molecule has 39 heavy (non-hydrogen) atoms. The molecule has 3 N–H and O–H groups in total. The second kappa shape index (κ2) is 14.3. The van der Waals surface area contributed by atoms with Crippen LogP contribution in [0.15, 0.2) is 48.5 Å². The van der Waals surface area contributed by atoms with Gasteiger partial charge in [-0.2, -0.15) is 0 Å². The molecule has 0 saturated carbocycles. The van der Waals surface area contributed by atoms with Crippen LogP contribution < -0.4 is 16.0 Å². The monoisotopic (exact) mass is 536 g/mol. The van der Waals surface area contributed by atoms with Crippen molar-refractivity contribution in [3.8, 4) is 0 Å². The molecule has 1 atom stereocenters. The van der Waals surface area contributed by atoms with E-state index in [1.807, 2.05) is 45.0 Å². The number of urea groups is 1. The lowest BCUT2D eigenvalue weighted by Gasteiger charge is -2.34. The first kappa shape index (κ1) is 29.7. The van der Waals surface area contributed by atoms with Crippen molar-refractivity contribution in [3.63, 3.8) is 0 Å². The van der Waals surface area contributed by atoms with Gasteiger partial charge in [0.15, 0.2) is 0 Å². The van der Waals surface area contributed by atoms with Crippen molar-refractivity contribution in [3.05, 3.63) is 59.7 Å². The van der Waals surface area contributed by atoms with E-state index >= 15 is 0 Å². The van der Waals surface area contributed by atoms with Crippen LogP contribution in [0.1, 0.15) is 51.2 Å². The largest absolute Gasteiger partial charge is 0.466 e. The van der Waals surface area contributed by atoms with Gasteiger partial charge in [0.2, 0.25) is 11.8 Å². The number of piperidine rings is 1. The van der Waals surface area contributed by atoms with E-state index < -0.39 is 6.04 Å². The molecule has 0 spiro atoms. The average Bonchev–Trinajstić information content (AvgIpc) is 2.90. The minimum atomic E-state index is -0.622. The predicted molar refractivity (Wildman–Crippen MR) is 151 cm³/mol. The first-order valence-corrected chi connectivity index (χ1v) is 13.6. The molecule has 1 fully saturated rings. The van der Waals surface area contributed by atoms with Crippen molar-refractivity contribution < 1.29 is 23.9 Å². The Morgan fingerprint density at radius 3 is 2.26 bits per heavy atom. The van der Waals surface area contributed by atoms with Gasteiger partial charge in [0.25, 0.3) is 0 Å². The third kappa shape index (κ3) is 9.12. The summed E-state index contributed by atoms with van der Waals surface area (Å²) in [6.07, 6.45) is 1.77. The van der Waals surface area contributed by atoms with Crippen LogP contribution >= 0.6 is 0 Å². The summed E-state index contributed by atoms with van der Waals surface area (Å²) in [7, 11) is 0. The number of ether oxygens (including phenoxy) is 1. The van der Waals surface area contributed by atoms with Crippen LogP contribution in [0, 0.1) is 18.8 Å². The van der Waals surface area contributed by atoms with Gasteiger partial charge in [-0.15, -0.1) is 0 Å². The van der Waals surface area contributed by atoms with E-state index in [1.54, 1.807) is 36.1 Å². The first-order chi connectivity index (χ1) is 18.7. The SMILES string of the molecule is CCOC(=O)C1CCN(C(=O)[C@H](CC(C)C)NC(=O)Cc2ccc(NC(=O)Nc3ccccc3C)cc2)CC1. The lowest BCUT2D eigenvalue weighted by molar-refractivity contribution is -0.151. The summed E-state index contributed by atoms with van der Waals surface area (Å²) in [5.74, 6) is -0.526. The molecule has 1 saturated heterocycles. The van der Waals surface area contributed by atoms with Crippen LogP contribution in [0.5, 0.6) is 0 Å². The Morgan fingerprint density at radius 1 is 0.974 bits per heavy atom. The van der Waals surface area contributed by atoms with E-state index in [-0.39, 0.29) is 42.1 Å². The van der Waals surface area contributed by atoms with E-state index in [9.17, 15) is 19.2 Å². The number of rotatable bonds is 10. The highest BCUT2D eigenvalue weighted by molar-refractivity contribution is 6.00. The molecule has 210 valence electrons. The topological polar surface area (TPSA) is 117 Å². The number of anilines is 2. The summed E-state index contributed by atoms with van der Waals surface area (Å²) < 4.78 is 5.12. The molecule has 0 aliphatic carbocycles. The molecule has 0 unspecified atom stereocenters. The van der Waals surface area contributed by atoms with E-state index in [2.05, 4.69) is 16.0 Å². The number of aryl methyl sites for hydroxylation is 1. The van der Waals surface area contributed by atoms with Crippen LogP contribution in [-0.4, -0.2) is 54.5 Å². The van der Waals surface area contributed by atoms with Crippen molar-refractivity contribution in [2.75, 3.05) is 30.3 Å². The van der Waals surface area contributed by atoms with Crippen molar-refractivity contribution in [1.82, 2.24) is 10.2 Å². The average molecular weight is 537 g/mol. The molecule has 1 aliphatic rings. The maximum absolute atomic E-state index is 13.3. The Balaban J connectivity index is 1.52. The number of nitrogens with zero attached hydrogens (tertiary/aromatic N) is 1. The van der Waals surface area contributed by atoms with Gasteiger partial charge in [-0.1, -0.05) is 44.2 Å². The van der Waals surface area contributed by atoms with Crippen LogP contribution in [0.3, 0.4) is 0 Å². The number of benzene rings is 2. The lowest BCUT2D eigenvalue weighted by Crippen LogP contribution is -2.52. The summed E-state index contributed by atoms with van der Waals surface area (Å²) >= 11 is 0. The second-order valence-electron chi connectivity index (χ2n) is 10.4. The Kier molecular flexibility index (Phi) is 10.9. The maximum atomic E-state index is 13.3. The zero-order chi connectivity index (χ0) is 28.4. The minimum absolute atomic E-state index is 0.112. The van der Waals surface area contributed by atoms with Crippen LogP contribution in [0.4, 0.5) is 16.2 Å². The molecule has 0 bridgehead atoms. The summed E-state index contributed by atoms with van der Waals surface area (Å²) in [5.41, 5.74) is 3.06. The number of amides is 4. The van der Waals surface area contributed by atoms with E-state index in [1.165, 1.54) is 0 Å². The minimum Gasteiger partial charge on any atom is -0.466 e. The van der Waals surface area contributed by atoms with Crippen LogP contribution in [-0.2, 0) is 25.5 Å². The quantitative estimate of drug-likeness (QED) is 0.386. The number of likely N-dealkylation sites (tertiary alicyclic amines) is 1. The van der Waals surface area contributed by atoms with Crippen LogP contribution in [0.2, 0.25) is 0 Å². The number of nitrogens with one attached hydrogen (secondary N) is 3. The fourth-order valence-electron chi connectivity index (χ4n) is 4.64. The highest BCUT2D eigenvalue weighted by atomic mass is 16.5. The number of hydrogen-bond acceptors (Lipinski definition) is 5. The van der Waals surface area contributed by atoms with E-state index in [0.29, 0.717) is 44.6 Å². The van der Waals surface area contributed by atoms with Gasteiger partial charge >= 0.3 is 12.0 Å². The summed E-state index contributed by atoms with van der Waals surface area (Å²) in [6.45, 7) is 9.03. The van der Waals surface area contributed by atoms with Gasteiger partial charge in [0, 0.05) is 24.5 Å². The van der Waals surface area contributed by atoms with Crippen LogP contribution in [0.25, 0.3) is 0 Å². The zero-order valence-electron chi connectivity index (χ0n) is 23.3. The molecule has 1 aliphatic heterocycles. The van der Waals surface area contributed by atoms with Gasteiger partial charge in [-0.05, 0) is 68.4 Å². The molecule has 1 heterocycles. The first-order valence-electron chi connectivity index (χ1n) is 13.6. The Labute approximate surface area is 230 Å². The van der Waals surface area contributed by atoms with Gasteiger partial charge in [-0.25, -0.2) is 4.79 Å². The standard InChI is InChI=1S/C30H40N4O5/c1-5-39-29(37)23-14-16-34(17-15-23)28(36)26(18-20(2)3)32-27(35)19-22-10-12-24(13-11-22)31-30(38)33-25-9-7-6-8-21(25)4/h6-13,20,23,26H,5,14-19H2,1-4H3,(H,32,35)(H2,31,33,38)/t26-/m0/s1. The second-order valence-corrected chi connectivity index (χ2v) is 10.4. The Hall–Kier alpha value is -3.88. The number of carbonyl (C=O) groups is 4. The molecule has 3 rings (SSSR count). The maximum Gasteiger partial charge on any atom is 0.323 e. The smallest absolute Gasteiger partial charge is 0.323 e. The van der Waals surface area contributed by atoms with Crippen molar-refractivity contribution in [2.24, 2.45) is 11.8 Å². The van der Waals surface area contributed by atoms with Gasteiger partial charge in [0.1, 0.15) is 6.04 Å². The number of carbonyl (C=O) groups excluding carboxylic acids is 4. The molecule has 4 amide bonds. The van der Waals surface area contributed by atoms with E-state index in [0.717, 1.165) is 16.8 Å². The fraction of sp³-hybridized carbons (Fsp3) is 0.467. The molecule has 0 aromatic heterocycles. The van der Waals surface area contributed by atoms with Gasteiger partial charge in [-0.3, -0.25) is 14.4 Å². The summed E-state index contributed by atoms with van der Waals surface area (Å²) in [4.78, 5) is 52.3. The highest BCUT2D eigenvalue weighted by Gasteiger charge is 2.32. The highest BCUT2D eigenvalue weighted by Crippen LogP contribution is 2.21. The number of esters is 1. The Bertz CT molecular complexity index is 1140. The number of para-hydroxylation sites is 1.